The second kappa shape index (κ2) is 3.47. The first-order valence-electron chi connectivity index (χ1n) is 7.38. The van der Waals surface area contributed by atoms with E-state index in [2.05, 4.69) is 15.3 Å². The van der Waals surface area contributed by atoms with Gasteiger partial charge in [0.1, 0.15) is 5.82 Å². The van der Waals surface area contributed by atoms with E-state index in [1.165, 1.54) is 19.3 Å². The summed E-state index contributed by atoms with van der Waals surface area (Å²) in [7, 11) is 0. The van der Waals surface area contributed by atoms with E-state index >= 15 is 0 Å². The van der Waals surface area contributed by atoms with E-state index < -0.39 is 0 Å². The van der Waals surface area contributed by atoms with Crippen LogP contribution in [0, 0.1) is 23.7 Å². The summed E-state index contributed by atoms with van der Waals surface area (Å²) in [4.78, 5) is 9.16. The van der Waals surface area contributed by atoms with Gasteiger partial charge < -0.3 is 5.32 Å². The van der Waals surface area contributed by atoms with E-state index in [4.69, 9.17) is 0 Å². The van der Waals surface area contributed by atoms with Gasteiger partial charge in [0, 0.05) is 6.04 Å². The predicted octanol–water partition coefficient (Wildman–Crippen LogP) is 3.09. The fourth-order valence-electron chi connectivity index (χ4n) is 4.72. The Morgan fingerprint density at radius 1 is 1.00 bits per heavy atom. The van der Waals surface area contributed by atoms with Crippen molar-refractivity contribution in [3.8, 4) is 0 Å². The highest BCUT2D eigenvalue weighted by Crippen LogP contribution is 2.66. The van der Waals surface area contributed by atoms with Crippen molar-refractivity contribution in [1.29, 1.82) is 0 Å². The summed E-state index contributed by atoms with van der Waals surface area (Å²) in [6.07, 6.45) is 6.32. The van der Waals surface area contributed by atoms with E-state index in [9.17, 15) is 0 Å². The molecular weight excluding hydrogens is 234 g/mol. The van der Waals surface area contributed by atoms with Gasteiger partial charge in [-0.2, -0.15) is 0 Å². The number of anilines is 1. The Morgan fingerprint density at radius 2 is 1.74 bits per heavy atom. The normalized spacial score (nSPS) is 38.4. The molecule has 5 rings (SSSR count). The van der Waals surface area contributed by atoms with Crippen LogP contribution in [0.2, 0.25) is 0 Å². The number of nitrogens with one attached hydrogen (secondary N) is 1. The maximum absolute atomic E-state index is 4.68. The molecular formula is C16H17N3. The lowest BCUT2D eigenvalue weighted by Gasteiger charge is -2.11. The Balaban J connectivity index is 1.41. The molecule has 0 amide bonds. The number of rotatable bonds is 2. The van der Waals surface area contributed by atoms with Crippen molar-refractivity contribution in [3.63, 3.8) is 0 Å². The van der Waals surface area contributed by atoms with Gasteiger partial charge in [-0.25, -0.2) is 4.98 Å². The lowest BCUT2D eigenvalue weighted by atomic mass is 10.0. The number of fused-ring (bicyclic) bond motifs is 6. The van der Waals surface area contributed by atoms with Gasteiger partial charge >= 0.3 is 0 Å². The Bertz CT molecular complexity index is 637. The minimum Gasteiger partial charge on any atom is -0.365 e. The standard InChI is InChI=1S/C16H17N3/c1-2-4-12-11(3-1)17-8-13(18-12)19-16-14-9-5-6-10(7-9)15(14)16/h1-4,8-10,14-16H,5-7H2,(H,18,19). The molecule has 2 bridgehead atoms. The highest BCUT2D eigenvalue weighted by Gasteiger charge is 2.65. The van der Waals surface area contributed by atoms with Crippen molar-refractivity contribution < 1.29 is 0 Å². The zero-order valence-electron chi connectivity index (χ0n) is 10.8. The average molecular weight is 251 g/mol. The molecule has 1 N–H and O–H groups in total. The second-order valence-electron chi connectivity index (χ2n) is 6.40. The molecule has 4 unspecified atom stereocenters. The summed E-state index contributed by atoms with van der Waals surface area (Å²) in [6, 6.07) is 8.75. The number of hydrogen-bond acceptors (Lipinski definition) is 3. The molecule has 1 aromatic carbocycles. The molecule has 1 aromatic heterocycles. The van der Waals surface area contributed by atoms with Gasteiger partial charge in [0.15, 0.2) is 0 Å². The number of para-hydroxylation sites is 2. The van der Waals surface area contributed by atoms with Gasteiger partial charge in [-0.05, 0) is 55.1 Å². The molecule has 0 radical (unpaired) electrons. The van der Waals surface area contributed by atoms with Crippen LogP contribution >= 0.6 is 0 Å². The van der Waals surface area contributed by atoms with Crippen molar-refractivity contribution in [1.82, 2.24) is 9.97 Å². The van der Waals surface area contributed by atoms with Gasteiger partial charge in [-0.1, -0.05) is 12.1 Å². The smallest absolute Gasteiger partial charge is 0.145 e. The second-order valence-corrected chi connectivity index (χ2v) is 6.40. The first-order valence-corrected chi connectivity index (χ1v) is 7.38. The molecule has 3 saturated carbocycles. The maximum Gasteiger partial charge on any atom is 0.145 e. The van der Waals surface area contributed by atoms with Gasteiger partial charge in [0.05, 0.1) is 17.2 Å². The third kappa shape index (κ3) is 1.38. The van der Waals surface area contributed by atoms with Crippen molar-refractivity contribution in [2.24, 2.45) is 23.7 Å². The fraction of sp³-hybridized carbons (Fsp3) is 0.500. The van der Waals surface area contributed by atoms with Crippen LogP contribution in [0.1, 0.15) is 19.3 Å². The van der Waals surface area contributed by atoms with Crippen LogP contribution in [0.5, 0.6) is 0 Å². The third-order valence-corrected chi connectivity index (χ3v) is 5.50. The van der Waals surface area contributed by atoms with Crippen LogP contribution < -0.4 is 5.32 Å². The monoisotopic (exact) mass is 251 g/mol. The van der Waals surface area contributed by atoms with Gasteiger partial charge in [-0.15, -0.1) is 0 Å². The van der Waals surface area contributed by atoms with Crippen LogP contribution in [-0.2, 0) is 0 Å². The quantitative estimate of drug-likeness (QED) is 0.891. The number of hydrogen-bond donors (Lipinski definition) is 1. The van der Waals surface area contributed by atoms with E-state index in [1.807, 2.05) is 30.5 Å². The summed E-state index contributed by atoms with van der Waals surface area (Å²) < 4.78 is 0. The molecule has 3 fully saturated rings. The molecule has 19 heavy (non-hydrogen) atoms. The molecule has 3 aliphatic carbocycles. The van der Waals surface area contributed by atoms with Crippen molar-refractivity contribution in [2.45, 2.75) is 25.3 Å². The summed E-state index contributed by atoms with van der Waals surface area (Å²) in [5.41, 5.74) is 1.96. The summed E-state index contributed by atoms with van der Waals surface area (Å²) >= 11 is 0. The van der Waals surface area contributed by atoms with E-state index in [0.717, 1.165) is 40.5 Å². The summed E-state index contributed by atoms with van der Waals surface area (Å²) in [5, 5.41) is 3.64. The van der Waals surface area contributed by atoms with Gasteiger partial charge in [-0.3, -0.25) is 4.98 Å². The lowest BCUT2D eigenvalue weighted by Crippen LogP contribution is -2.13. The molecule has 0 aliphatic heterocycles. The molecule has 2 aromatic rings. The Morgan fingerprint density at radius 3 is 2.53 bits per heavy atom. The molecule has 0 spiro atoms. The predicted molar refractivity (Wildman–Crippen MR) is 74.8 cm³/mol. The summed E-state index contributed by atoms with van der Waals surface area (Å²) in [5.74, 6) is 4.83. The highest BCUT2D eigenvalue weighted by molar-refractivity contribution is 5.75. The highest BCUT2D eigenvalue weighted by atomic mass is 15.1. The molecule has 3 heteroatoms. The van der Waals surface area contributed by atoms with E-state index in [0.29, 0.717) is 6.04 Å². The molecule has 96 valence electrons. The minimum absolute atomic E-state index is 0.682. The van der Waals surface area contributed by atoms with E-state index in [1.54, 1.807) is 0 Å². The molecule has 4 atom stereocenters. The zero-order valence-corrected chi connectivity index (χ0v) is 10.8. The van der Waals surface area contributed by atoms with Crippen molar-refractivity contribution in [3.05, 3.63) is 30.5 Å². The van der Waals surface area contributed by atoms with Crippen molar-refractivity contribution in [2.75, 3.05) is 5.32 Å². The SMILES string of the molecule is c1ccc2nc(NC3C4C5CCC(C5)C34)cnc2c1. The molecule has 3 aliphatic rings. The summed E-state index contributed by atoms with van der Waals surface area (Å²) in [6.45, 7) is 0. The maximum atomic E-state index is 4.68. The Labute approximate surface area is 112 Å². The number of nitrogens with zero attached hydrogens (tertiary/aromatic N) is 2. The van der Waals surface area contributed by atoms with Crippen LogP contribution in [0.25, 0.3) is 11.0 Å². The van der Waals surface area contributed by atoms with E-state index in [-0.39, 0.29) is 0 Å². The number of benzene rings is 1. The van der Waals surface area contributed by atoms with Crippen LogP contribution in [0.15, 0.2) is 30.5 Å². The van der Waals surface area contributed by atoms with Gasteiger partial charge in [0.25, 0.3) is 0 Å². The minimum atomic E-state index is 0.682. The lowest BCUT2D eigenvalue weighted by molar-refractivity contribution is 0.456. The largest absolute Gasteiger partial charge is 0.365 e. The first kappa shape index (κ1) is 10.2. The van der Waals surface area contributed by atoms with Crippen LogP contribution in [0.3, 0.4) is 0 Å². The van der Waals surface area contributed by atoms with Crippen LogP contribution in [-0.4, -0.2) is 16.0 Å². The van der Waals surface area contributed by atoms with Gasteiger partial charge in [0.2, 0.25) is 0 Å². The third-order valence-electron chi connectivity index (χ3n) is 5.50. The average Bonchev–Trinajstić information content (AvgIpc) is 2.85. The fourth-order valence-corrected chi connectivity index (χ4v) is 4.72. The van der Waals surface area contributed by atoms with Crippen LogP contribution in [0.4, 0.5) is 5.82 Å². The number of aromatic nitrogens is 2. The topological polar surface area (TPSA) is 37.8 Å². The Hall–Kier alpha value is -1.64. The molecule has 0 saturated heterocycles. The zero-order chi connectivity index (χ0) is 12.4. The molecule has 1 heterocycles. The Kier molecular flexibility index (Phi) is 1.86. The van der Waals surface area contributed by atoms with Crippen molar-refractivity contribution >= 4 is 16.9 Å². The first-order chi connectivity index (χ1) is 9.40. The molecule has 3 nitrogen and oxygen atoms in total.